The Kier molecular flexibility index (Phi) is 5.36. The smallest absolute Gasteiger partial charge is 0.257 e. The number of para-hydroxylation sites is 1. The Morgan fingerprint density at radius 1 is 1.31 bits per heavy atom. The number of benzene rings is 1. The molecule has 16 heavy (non-hydrogen) atoms. The lowest BCUT2D eigenvalue weighted by atomic mass is 10.3. The topological polar surface area (TPSA) is 41.6 Å². The fourth-order valence-corrected chi connectivity index (χ4v) is 1.14. The van der Waals surface area contributed by atoms with E-state index < -0.39 is 0 Å². The standard InChI is InChI=1S/C12H18N2O2/c1-14(2)9-8-13-12(15)10-16-11-6-4-3-5-7-11/h3-7H,8-10H2,1-2H3,(H,13,15). The van der Waals surface area contributed by atoms with Crippen LogP contribution in [0, 0.1) is 0 Å². The van der Waals surface area contributed by atoms with Crippen LogP contribution in [-0.4, -0.2) is 44.6 Å². The molecule has 0 unspecified atom stereocenters. The second-order valence-electron chi connectivity index (χ2n) is 3.75. The first-order valence-electron chi connectivity index (χ1n) is 5.28. The lowest BCUT2D eigenvalue weighted by Gasteiger charge is -2.10. The minimum Gasteiger partial charge on any atom is -0.484 e. The highest BCUT2D eigenvalue weighted by atomic mass is 16.5. The van der Waals surface area contributed by atoms with E-state index in [1.54, 1.807) is 0 Å². The summed E-state index contributed by atoms with van der Waals surface area (Å²) in [5.74, 6) is 0.621. The third kappa shape index (κ3) is 5.36. The second-order valence-corrected chi connectivity index (χ2v) is 3.75. The highest BCUT2D eigenvalue weighted by Gasteiger charge is 2.01. The summed E-state index contributed by atoms with van der Waals surface area (Å²) in [4.78, 5) is 13.4. The fraction of sp³-hybridized carbons (Fsp3) is 0.417. The molecule has 4 heteroatoms. The number of hydrogen-bond donors (Lipinski definition) is 1. The molecule has 0 spiro atoms. The first-order chi connectivity index (χ1) is 7.68. The van der Waals surface area contributed by atoms with E-state index in [2.05, 4.69) is 5.32 Å². The monoisotopic (exact) mass is 222 g/mol. The van der Waals surface area contributed by atoms with Gasteiger partial charge in [0.25, 0.3) is 5.91 Å². The van der Waals surface area contributed by atoms with Crippen molar-refractivity contribution in [1.29, 1.82) is 0 Å². The van der Waals surface area contributed by atoms with Crippen LogP contribution >= 0.6 is 0 Å². The summed E-state index contributed by atoms with van der Waals surface area (Å²) >= 11 is 0. The summed E-state index contributed by atoms with van der Waals surface area (Å²) in [6.45, 7) is 1.54. The van der Waals surface area contributed by atoms with E-state index in [9.17, 15) is 4.79 Å². The van der Waals surface area contributed by atoms with Gasteiger partial charge in [0.1, 0.15) is 5.75 Å². The van der Waals surface area contributed by atoms with Gasteiger partial charge in [0.2, 0.25) is 0 Å². The van der Waals surface area contributed by atoms with Crippen molar-refractivity contribution in [2.75, 3.05) is 33.8 Å². The van der Waals surface area contributed by atoms with E-state index in [4.69, 9.17) is 4.74 Å². The van der Waals surface area contributed by atoms with Crippen LogP contribution in [0.5, 0.6) is 5.75 Å². The zero-order valence-corrected chi connectivity index (χ0v) is 9.77. The maximum absolute atomic E-state index is 11.3. The molecule has 0 aliphatic heterocycles. The van der Waals surface area contributed by atoms with E-state index in [0.29, 0.717) is 12.3 Å². The summed E-state index contributed by atoms with van der Waals surface area (Å²) in [5, 5.41) is 2.78. The zero-order chi connectivity index (χ0) is 11.8. The van der Waals surface area contributed by atoms with Gasteiger partial charge in [0.05, 0.1) is 0 Å². The number of rotatable bonds is 6. The molecule has 1 amide bonds. The molecule has 1 N–H and O–H groups in total. The molecule has 1 aromatic carbocycles. The molecule has 1 aromatic rings. The van der Waals surface area contributed by atoms with Gasteiger partial charge in [-0.3, -0.25) is 4.79 Å². The average Bonchev–Trinajstić information content (AvgIpc) is 2.27. The Hall–Kier alpha value is -1.55. The highest BCUT2D eigenvalue weighted by Crippen LogP contribution is 2.07. The van der Waals surface area contributed by atoms with Gasteiger partial charge in [-0.05, 0) is 26.2 Å². The van der Waals surface area contributed by atoms with Gasteiger partial charge in [-0.15, -0.1) is 0 Å². The molecule has 0 atom stereocenters. The number of ether oxygens (including phenoxy) is 1. The molecule has 88 valence electrons. The molecule has 0 aliphatic carbocycles. The first-order valence-corrected chi connectivity index (χ1v) is 5.28. The van der Waals surface area contributed by atoms with Gasteiger partial charge in [0, 0.05) is 13.1 Å². The molecule has 0 aliphatic rings. The van der Waals surface area contributed by atoms with Crippen molar-refractivity contribution in [3.63, 3.8) is 0 Å². The summed E-state index contributed by atoms with van der Waals surface area (Å²) in [6.07, 6.45) is 0. The van der Waals surface area contributed by atoms with Crippen molar-refractivity contribution in [1.82, 2.24) is 10.2 Å². The van der Waals surface area contributed by atoms with Crippen molar-refractivity contribution in [3.05, 3.63) is 30.3 Å². The number of hydrogen-bond acceptors (Lipinski definition) is 3. The number of carbonyl (C=O) groups is 1. The summed E-state index contributed by atoms with van der Waals surface area (Å²) in [5.41, 5.74) is 0. The van der Waals surface area contributed by atoms with Gasteiger partial charge >= 0.3 is 0 Å². The third-order valence-corrected chi connectivity index (χ3v) is 1.99. The number of nitrogens with zero attached hydrogens (tertiary/aromatic N) is 1. The van der Waals surface area contributed by atoms with E-state index in [0.717, 1.165) is 6.54 Å². The van der Waals surface area contributed by atoms with Crippen molar-refractivity contribution in [3.8, 4) is 5.75 Å². The maximum atomic E-state index is 11.3. The van der Waals surface area contributed by atoms with Crippen LogP contribution in [0.2, 0.25) is 0 Å². The molecule has 4 nitrogen and oxygen atoms in total. The van der Waals surface area contributed by atoms with Crippen LogP contribution in [0.15, 0.2) is 30.3 Å². The van der Waals surface area contributed by atoms with Gasteiger partial charge in [-0.25, -0.2) is 0 Å². The van der Waals surface area contributed by atoms with E-state index in [1.165, 1.54) is 0 Å². The molecular formula is C12H18N2O2. The lowest BCUT2D eigenvalue weighted by molar-refractivity contribution is -0.123. The van der Waals surface area contributed by atoms with Crippen LogP contribution in [0.4, 0.5) is 0 Å². The van der Waals surface area contributed by atoms with Crippen LogP contribution in [0.3, 0.4) is 0 Å². The van der Waals surface area contributed by atoms with Gasteiger partial charge in [-0.2, -0.15) is 0 Å². The number of amides is 1. The number of carbonyl (C=O) groups excluding carboxylic acids is 1. The molecule has 0 saturated heterocycles. The quantitative estimate of drug-likeness (QED) is 0.772. The fourth-order valence-electron chi connectivity index (χ4n) is 1.14. The normalized spacial score (nSPS) is 10.2. The van der Waals surface area contributed by atoms with Crippen molar-refractivity contribution < 1.29 is 9.53 Å². The van der Waals surface area contributed by atoms with Gasteiger partial charge in [-0.1, -0.05) is 18.2 Å². The molecule has 0 fully saturated rings. The first kappa shape index (κ1) is 12.5. The molecule has 0 saturated carbocycles. The molecule has 1 rings (SSSR count). The molecule has 0 heterocycles. The Bertz CT molecular complexity index is 312. The Labute approximate surface area is 96.2 Å². The molecular weight excluding hydrogens is 204 g/mol. The zero-order valence-electron chi connectivity index (χ0n) is 9.77. The van der Waals surface area contributed by atoms with E-state index >= 15 is 0 Å². The second kappa shape index (κ2) is 6.85. The summed E-state index contributed by atoms with van der Waals surface area (Å²) in [7, 11) is 3.93. The number of likely N-dealkylation sites (N-methyl/N-ethyl adjacent to an activating group) is 1. The van der Waals surface area contributed by atoms with Crippen LogP contribution in [-0.2, 0) is 4.79 Å². The maximum Gasteiger partial charge on any atom is 0.257 e. The summed E-state index contributed by atoms with van der Waals surface area (Å²) in [6, 6.07) is 9.31. The van der Waals surface area contributed by atoms with Crippen molar-refractivity contribution in [2.24, 2.45) is 0 Å². The lowest BCUT2D eigenvalue weighted by Crippen LogP contribution is -2.34. The van der Waals surface area contributed by atoms with Gasteiger partial charge < -0.3 is 15.0 Å². The predicted octanol–water partition coefficient (Wildman–Crippen LogP) is 0.743. The van der Waals surface area contributed by atoms with Crippen LogP contribution < -0.4 is 10.1 Å². The Balaban J connectivity index is 2.16. The molecule has 0 aromatic heterocycles. The van der Waals surface area contributed by atoms with E-state index in [1.807, 2.05) is 49.3 Å². The molecule has 0 radical (unpaired) electrons. The van der Waals surface area contributed by atoms with Crippen LogP contribution in [0.25, 0.3) is 0 Å². The average molecular weight is 222 g/mol. The minimum atomic E-state index is -0.0919. The predicted molar refractivity (Wildman–Crippen MR) is 63.5 cm³/mol. The largest absolute Gasteiger partial charge is 0.484 e. The van der Waals surface area contributed by atoms with Crippen molar-refractivity contribution in [2.45, 2.75) is 0 Å². The minimum absolute atomic E-state index is 0.0669. The third-order valence-electron chi connectivity index (χ3n) is 1.99. The Morgan fingerprint density at radius 3 is 2.62 bits per heavy atom. The van der Waals surface area contributed by atoms with E-state index in [-0.39, 0.29) is 12.5 Å². The summed E-state index contributed by atoms with van der Waals surface area (Å²) < 4.78 is 5.30. The SMILES string of the molecule is CN(C)CCNC(=O)COc1ccccc1. The Morgan fingerprint density at radius 2 is 2.00 bits per heavy atom. The number of nitrogens with one attached hydrogen (secondary N) is 1. The molecule has 0 bridgehead atoms. The van der Waals surface area contributed by atoms with Crippen LogP contribution in [0.1, 0.15) is 0 Å². The van der Waals surface area contributed by atoms with Gasteiger partial charge in [0.15, 0.2) is 6.61 Å². The highest BCUT2D eigenvalue weighted by molar-refractivity contribution is 5.77. The van der Waals surface area contributed by atoms with Crippen molar-refractivity contribution >= 4 is 5.91 Å².